The van der Waals surface area contributed by atoms with E-state index in [2.05, 4.69) is 5.32 Å². The van der Waals surface area contributed by atoms with Gasteiger partial charge in [0.15, 0.2) is 11.5 Å². The first-order chi connectivity index (χ1) is 13.3. The van der Waals surface area contributed by atoms with E-state index in [1.54, 1.807) is 14.2 Å². The Morgan fingerprint density at radius 2 is 1.61 bits per heavy atom. The minimum atomic E-state index is -0.291. The Hall–Kier alpha value is -2.73. The van der Waals surface area contributed by atoms with E-state index in [1.165, 1.54) is 0 Å². The summed E-state index contributed by atoms with van der Waals surface area (Å²) in [6.45, 7) is 4.56. The Morgan fingerprint density at radius 1 is 1.04 bits per heavy atom. The molecule has 0 aliphatic heterocycles. The predicted molar refractivity (Wildman–Crippen MR) is 115 cm³/mol. The van der Waals surface area contributed by atoms with Gasteiger partial charge in [-0.15, -0.1) is 0 Å². The van der Waals surface area contributed by atoms with Crippen molar-refractivity contribution in [1.29, 1.82) is 0 Å². The highest BCUT2D eigenvalue weighted by molar-refractivity contribution is 5.94. The number of methoxy groups -OCH3 is 2. The van der Waals surface area contributed by atoms with Crippen molar-refractivity contribution < 1.29 is 14.3 Å². The van der Waals surface area contributed by atoms with Crippen LogP contribution >= 0.6 is 0 Å². The molecule has 0 aromatic heterocycles. The molecule has 1 atom stereocenters. The second-order valence-electron chi connectivity index (χ2n) is 7.16. The van der Waals surface area contributed by atoms with Crippen LogP contribution in [-0.4, -0.2) is 52.2 Å². The number of carbonyl (C=O) groups is 1. The maximum atomic E-state index is 12.7. The lowest BCUT2D eigenvalue weighted by Crippen LogP contribution is -2.39. The molecule has 0 fully saturated rings. The average Bonchev–Trinajstić information content (AvgIpc) is 2.68. The van der Waals surface area contributed by atoms with Gasteiger partial charge in [-0.1, -0.05) is 0 Å². The van der Waals surface area contributed by atoms with Gasteiger partial charge in [-0.3, -0.25) is 9.69 Å². The second kappa shape index (κ2) is 9.46. The normalized spacial score (nSPS) is 11.9. The number of carbonyl (C=O) groups excluding carboxylic acids is 1. The first kappa shape index (κ1) is 21.6. The monoisotopic (exact) mass is 385 g/mol. The molecule has 0 saturated carbocycles. The fourth-order valence-electron chi connectivity index (χ4n) is 2.89. The summed E-state index contributed by atoms with van der Waals surface area (Å²) in [7, 11) is 9.16. The van der Waals surface area contributed by atoms with Crippen LogP contribution in [0.4, 0.5) is 11.4 Å². The summed E-state index contributed by atoms with van der Waals surface area (Å²) in [6, 6.07) is 11.4. The molecule has 0 aliphatic carbocycles. The van der Waals surface area contributed by atoms with E-state index in [-0.39, 0.29) is 11.9 Å². The van der Waals surface area contributed by atoms with Crippen molar-refractivity contribution in [3.63, 3.8) is 0 Å². The summed E-state index contributed by atoms with van der Waals surface area (Å²) >= 11 is 0. The van der Waals surface area contributed by atoms with Crippen LogP contribution in [0.5, 0.6) is 11.5 Å². The van der Waals surface area contributed by atoms with E-state index >= 15 is 0 Å². The Bertz CT molecular complexity index is 803. The minimum absolute atomic E-state index is 0.0433. The molecule has 2 aromatic rings. The number of anilines is 2. The molecule has 2 aromatic carbocycles. The number of likely N-dealkylation sites (N-methyl/N-ethyl adjacent to an activating group) is 1. The lowest BCUT2D eigenvalue weighted by atomic mass is 10.1. The summed E-state index contributed by atoms with van der Waals surface area (Å²) in [5.41, 5.74) is 4.07. The molecular formula is C22H31N3O3. The molecule has 0 spiro atoms. The molecule has 6 nitrogen and oxygen atoms in total. The van der Waals surface area contributed by atoms with Crippen LogP contribution in [0.25, 0.3) is 0 Å². The first-order valence-corrected chi connectivity index (χ1v) is 9.26. The van der Waals surface area contributed by atoms with Gasteiger partial charge in [-0.2, -0.15) is 0 Å². The van der Waals surface area contributed by atoms with Gasteiger partial charge in [0.25, 0.3) is 0 Å². The topological polar surface area (TPSA) is 54.0 Å². The summed E-state index contributed by atoms with van der Waals surface area (Å²) in [5.74, 6) is 1.35. The lowest BCUT2D eigenvalue weighted by molar-refractivity contribution is -0.120. The molecule has 0 bridgehead atoms. The smallest absolute Gasteiger partial charge is 0.241 e. The molecule has 1 amide bonds. The molecule has 0 heterocycles. The molecule has 2 rings (SSSR count). The van der Waals surface area contributed by atoms with Crippen molar-refractivity contribution in [2.24, 2.45) is 0 Å². The largest absolute Gasteiger partial charge is 0.493 e. The fourth-order valence-corrected chi connectivity index (χ4v) is 2.89. The zero-order valence-corrected chi connectivity index (χ0v) is 17.9. The Labute approximate surface area is 168 Å². The summed E-state index contributed by atoms with van der Waals surface area (Å²) in [6.07, 6.45) is 0. The van der Waals surface area contributed by atoms with Gasteiger partial charge in [-0.05, 0) is 68.4 Å². The van der Waals surface area contributed by atoms with Crippen molar-refractivity contribution in [1.82, 2.24) is 4.90 Å². The number of nitrogens with zero attached hydrogens (tertiary/aromatic N) is 2. The molecule has 0 aliphatic rings. The van der Waals surface area contributed by atoms with Gasteiger partial charge >= 0.3 is 0 Å². The van der Waals surface area contributed by atoms with Gasteiger partial charge in [-0.25, -0.2) is 0 Å². The number of nitrogens with one attached hydrogen (secondary N) is 1. The molecule has 152 valence electrons. The Balaban J connectivity index is 2.05. The van der Waals surface area contributed by atoms with Crippen LogP contribution in [0.1, 0.15) is 18.1 Å². The van der Waals surface area contributed by atoms with Gasteiger partial charge in [0, 0.05) is 32.0 Å². The minimum Gasteiger partial charge on any atom is -0.493 e. The molecule has 1 N–H and O–H groups in total. The molecule has 28 heavy (non-hydrogen) atoms. The molecule has 6 heteroatoms. The van der Waals surface area contributed by atoms with Gasteiger partial charge in [0.05, 0.1) is 20.3 Å². The van der Waals surface area contributed by atoms with Crippen LogP contribution in [0.3, 0.4) is 0 Å². The highest BCUT2D eigenvalue weighted by atomic mass is 16.5. The Kier molecular flexibility index (Phi) is 7.29. The van der Waals surface area contributed by atoms with Gasteiger partial charge in [0.2, 0.25) is 5.91 Å². The quantitative estimate of drug-likeness (QED) is 0.753. The Morgan fingerprint density at radius 3 is 2.14 bits per heavy atom. The standard InChI is InChI=1S/C22H31N3O3/c1-15-12-20(27-6)21(28-7)13-17(15)14-25(5)16(2)22(26)23-18-8-10-19(11-9-18)24(3)4/h8-13,16H,14H2,1-7H3,(H,23,26)/t16-/m1/s1. The van der Waals surface area contributed by atoms with E-state index in [0.717, 1.165) is 22.5 Å². The van der Waals surface area contributed by atoms with E-state index < -0.39 is 0 Å². The zero-order valence-electron chi connectivity index (χ0n) is 17.9. The van der Waals surface area contributed by atoms with Gasteiger partial charge < -0.3 is 19.7 Å². The first-order valence-electron chi connectivity index (χ1n) is 9.26. The van der Waals surface area contributed by atoms with Crippen molar-refractivity contribution in [3.8, 4) is 11.5 Å². The highest BCUT2D eigenvalue weighted by Crippen LogP contribution is 2.31. The molecule has 0 saturated heterocycles. The number of aryl methyl sites for hydroxylation is 1. The maximum Gasteiger partial charge on any atom is 0.241 e. The third-order valence-electron chi connectivity index (χ3n) is 4.95. The zero-order chi connectivity index (χ0) is 20.8. The van der Waals surface area contributed by atoms with Crippen LogP contribution in [0, 0.1) is 6.92 Å². The highest BCUT2D eigenvalue weighted by Gasteiger charge is 2.20. The number of amides is 1. The molecular weight excluding hydrogens is 354 g/mol. The maximum absolute atomic E-state index is 12.7. The van der Waals surface area contributed by atoms with E-state index in [0.29, 0.717) is 18.0 Å². The third kappa shape index (κ3) is 5.16. The van der Waals surface area contributed by atoms with E-state index in [9.17, 15) is 4.79 Å². The van der Waals surface area contributed by atoms with Crippen molar-refractivity contribution in [3.05, 3.63) is 47.5 Å². The third-order valence-corrected chi connectivity index (χ3v) is 4.95. The summed E-state index contributed by atoms with van der Waals surface area (Å²) in [4.78, 5) is 16.7. The SMILES string of the molecule is COc1cc(C)c(CN(C)[C@H](C)C(=O)Nc2ccc(N(C)C)cc2)cc1OC. The van der Waals surface area contributed by atoms with Crippen LogP contribution < -0.4 is 19.7 Å². The van der Waals surface area contributed by atoms with E-state index in [4.69, 9.17) is 9.47 Å². The van der Waals surface area contributed by atoms with Crippen molar-refractivity contribution in [2.45, 2.75) is 26.4 Å². The van der Waals surface area contributed by atoms with Crippen LogP contribution in [0.2, 0.25) is 0 Å². The molecule has 0 radical (unpaired) electrons. The fraction of sp³-hybridized carbons (Fsp3) is 0.409. The summed E-state index contributed by atoms with van der Waals surface area (Å²) < 4.78 is 10.7. The van der Waals surface area contributed by atoms with Crippen LogP contribution in [0.15, 0.2) is 36.4 Å². The van der Waals surface area contributed by atoms with Crippen LogP contribution in [-0.2, 0) is 11.3 Å². The predicted octanol–water partition coefficient (Wildman–Crippen LogP) is 3.54. The number of benzene rings is 2. The number of rotatable bonds is 8. The number of hydrogen-bond acceptors (Lipinski definition) is 5. The lowest BCUT2D eigenvalue weighted by Gasteiger charge is -2.25. The second-order valence-corrected chi connectivity index (χ2v) is 7.16. The van der Waals surface area contributed by atoms with Gasteiger partial charge in [0.1, 0.15) is 0 Å². The molecule has 0 unspecified atom stereocenters. The summed E-state index contributed by atoms with van der Waals surface area (Å²) in [5, 5.41) is 2.99. The van der Waals surface area contributed by atoms with E-state index in [1.807, 2.05) is 81.2 Å². The number of ether oxygens (including phenoxy) is 2. The average molecular weight is 386 g/mol. The van der Waals surface area contributed by atoms with Crippen molar-refractivity contribution in [2.75, 3.05) is 45.6 Å². The van der Waals surface area contributed by atoms with Crippen molar-refractivity contribution >= 4 is 17.3 Å². The number of hydrogen-bond donors (Lipinski definition) is 1.